The molecule has 0 aromatic heterocycles. The van der Waals surface area contributed by atoms with Crippen LogP contribution in [0.2, 0.25) is 10.0 Å². The summed E-state index contributed by atoms with van der Waals surface area (Å²) in [7, 11) is 0. The predicted molar refractivity (Wildman–Crippen MR) is 111 cm³/mol. The van der Waals surface area contributed by atoms with Gasteiger partial charge in [0, 0.05) is 0 Å². The van der Waals surface area contributed by atoms with E-state index in [0.29, 0.717) is 15.6 Å². The van der Waals surface area contributed by atoms with Crippen LogP contribution in [0.15, 0.2) is 42.2 Å². The first-order chi connectivity index (χ1) is 13.5. The number of rotatable bonds is 3. The summed E-state index contributed by atoms with van der Waals surface area (Å²) in [6.07, 6.45) is 2.52. The molecule has 5 rings (SSSR count). The van der Waals surface area contributed by atoms with Gasteiger partial charge in [0.1, 0.15) is 5.76 Å². The van der Waals surface area contributed by atoms with Crippen LogP contribution in [0.25, 0.3) is 16.7 Å². The Morgan fingerprint density at radius 1 is 1.00 bits per heavy atom. The van der Waals surface area contributed by atoms with Crippen LogP contribution in [0.5, 0.6) is 0 Å². The fourth-order valence-electron chi connectivity index (χ4n) is 5.06. The number of fused-ring (bicyclic) bond motifs is 5. The number of ether oxygens (including phenoxy) is 1. The molecule has 2 bridgehead atoms. The zero-order valence-corrected chi connectivity index (χ0v) is 16.9. The Kier molecular flexibility index (Phi) is 4.31. The van der Waals surface area contributed by atoms with Crippen molar-refractivity contribution in [3.8, 4) is 11.1 Å². The van der Waals surface area contributed by atoms with E-state index in [0.717, 1.165) is 41.5 Å². The lowest BCUT2D eigenvalue weighted by molar-refractivity contribution is -0.118. The molecule has 3 aliphatic rings. The van der Waals surface area contributed by atoms with Gasteiger partial charge in [-0.05, 0) is 59.7 Å². The number of allylic oxidation sites excluding steroid dienone is 1. The van der Waals surface area contributed by atoms with E-state index in [1.165, 1.54) is 0 Å². The standard InChI is InChI=1S/C23H20Cl2O3/c1-2-11-3-4-12(13-5-6-15(24)16(25)10-13)9-14(11)19-22(26)20-17-7-8-18(28-17)21(20)23(19)27/h3-6,9-10,17-18,20-21,26H,2,7-8H2,1H3/t17-,18+,20-,21+/m1/s1. The van der Waals surface area contributed by atoms with Gasteiger partial charge in [0.15, 0.2) is 5.78 Å². The van der Waals surface area contributed by atoms with Crippen molar-refractivity contribution in [2.75, 3.05) is 0 Å². The van der Waals surface area contributed by atoms with Crippen molar-refractivity contribution in [2.45, 2.75) is 38.4 Å². The number of halogens is 2. The quantitative estimate of drug-likeness (QED) is 0.682. The lowest BCUT2D eigenvalue weighted by Gasteiger charge is -2.19. The number of carbonyl (C=O) groups excluding carboxylic acids is 1. The van der Waals surface area contributed by atoms with Gasteiger partial charge in [-0.1, -0.05) is 48.3 Å². The summed E-state index contributed by atoms with van der Waals surface area (Å²) in [5.41, 5.74) is 4.21. The summed E-state index contributed by atoms with van der Waals surface area (Å²) in [4.78, 5) is 13.3. The maximum Gasteiger partial charge on any atom is 0.173 e. The monoisotopic (exact) mass is 414 g/mol. The molecule has 0 spiro atoms. The molecule has 2 saturated heterocycles. The number of aliphatic hydroxyl groups is 1. The average molecular weight is 415 g/mol. The van der Waals surface area contributed by atoms with Gasteiger partial charge in [-0.3, -0.25) is 4.79 Å². The molecule has 144 valence electrons. The average Bonchev–Trinajstić information content (AvgIpc) is 3.37. The third-order valence-electron chi connectivity index (χ3n) is 6.41. The highest BCUT2D eigenvalue weighted by atomic mass is 35.5. The first kappa shape index (κ1) is 18.2. The molecule has 2 heterocycles. The summed E-state index contributed by atoms with van der Waals surface area (Å²) in [5.74, 6) is -0.175. The van der Waals surface area contributed by atoms with Gasteiger partial charge in [0.05, 0.1) is 39.7 Å². The third kappa shape index (κ3) is 2.57. The van der Waals surface area contributed by atoms with Crippen LogP contribution < -0.4 is 0 Å². The molecule has 5 heteroatoms. The Bertz CT molecular complexity index is 1030. The molecule has 0 unspecified atom stereocenters. The second-order valence-corrected chi connectivity index (χ2v) is 8.64. The molecule has 1 N–H and O–H groups in total. The minimum absolute atomic E-state index is 0.0238. The lowest BCUT2D eigenvalue weighted by Crippen LogP contribution is -2.29. The molecule has 0 saturated carbocycles. The highest BCUT2D eigenvalue weighted by Gasteiger charge is 2.59. The number of Topliss-reactive ketones (excluding diaryl/α,β-unsaturated/α-hetero) is 1. The first-order valence-corrected chi connectivity index (χ1v) is 10.5. The van der Waals surface area contributed by atoms with Crippen LogP contribution >= 0.6 is 23.2 Å². The van der Waals surface area contributed by atoms with Gasteiger partial charge in [-0.15, -0.1) is 0 Å². The van der Waals surface area contributed by atoms with Gasteiger partial charge in [-0.25, -0.2) is 0 Å². The van der Waals surface area contributed by atoms with Crippen LogP contribution in [0.3, 0.4) is 0 Å². The van der Waals surface area contributed by atoms with Crippen molar-refractivity contribution in [1.82, 2.24) is 0 Å². The molecule has 4 atom stereocenters. The number of ketones is 1. The largest absolute Gasteiger partial charge is 0.511 e. The fraction of sp³-hybridized carbons (Fsp3) is 0.348. The van der Waals surface area contributed by atoms with Crippen LogP contribution in [0, 0.1) is 11.8 Å². The van der Waals surface area contributed by atoms with E-state index in [1.807, 2.05) is 30.3 Å². The van der Waals surface area contributed by atoms with Crippen molar-refractivity contribution in [3.63, 3.8) is 0 Å². The molecule has 1 aliphatic carbocycles. The normalized spacial score (nSPS) is 28.3. The van der Waals surface area contributed by atoms with E-state index >= 15 is 0 Å². The number of benzene rings is 2. The maximum absolute atomic E-state index is 13.3. The van der Waals surface area contributed by atoms with Crippen molar-refractivity contribution in [3.05, 3.63) is 63.3 Å². The van der Waals surface area contributed by atoms with Crippen molar-refractivity contribution < 1.29 is 14.6 Å². The fourth-order valence-corrected chi connectivity index (χ4v) is 5.36. The third-order valence-corrected chi connectivity index (χ3v) is 7.15. The van der Waals surface area contributed by atoms with Gasteiger partial charge in [0.2, 0.25) is 0 Å². The Balaban J connectivity index is 1.63. The van der Waals surface area contributed by atoms with E-state index in [4.69, 9.17) is 27.9 Å². The van der Waals surface area contributed by atoms with Crippen LogP contribution in [0.1, 0.15) is 30.9 Å². The van der Waals surface area contributed by atoms with Gasteiger partial charge >= 0.3 is 0 Å². The van der Waals surface area contributed by atoms with Crippen LogP contribution in [0.4, 0.5) is 0 Å². The van der Waals surface area contributed by atoms with E-state index < -0.39 is 0 Å². The Hall–Kier alpha value is -1.81. The van der Waals surface area contributed by atoms with Crippen molar-refractivity contribution in [1.29, 1.82) is 0 Å². The number of aryl methyl sites for hydroxylation is 1. The Labute approximate surface area is 173 Å². The smallest absolute Gasteiger partial charge is 0.173 e. The summed E-state index contributed by atoms with van der Waals surface area (Å²) in [6, 6.07) is 11.5. The zero-order valence-electron chi connectivity index (χ0n) is 15.4. The minimum atomic E-state index is -0.230. The van der Waals surface area contributed by atoms with Crippen LogP contribution in [-0.2, 0) is 16.0 Å². The maximum atomic E-state index is 13.3. The van der Waals surface area contributed by atoms with Gasteiger partial charge in [-0.2, -0.15) is 0 Å². The van der Waals surface area contributed by atoms with Crippen molar-refractivity contribution >= 4 is 34.6 Å². The van der Waals surface area contributed by atoms with Crippen molar-refractivity contribution in [2.24, 2.45) is 11.8 Å². The Morgan fingerprint density at radius 2 is 1.68 bits per heavy atom. The second kappa shape index (κ2) is 6.62. The molecule has 2 aromatic rings. The SMILES string of the molecule is CCc1ccc(-c2ccc(Cl)c(Cl)c2)cc1C1=C(O)[C@H]2[C@@H](C1=O)[C@@H]1CC[C@H]2O1. The predicted octanol–water partition coefficient (Wildman–Crippen LogP) is 5.87. The van der Waals surface area contributed by atoms with Crippen LogP contribution in [-0.4, -0.2) is 23.1 Å². The number of carbonyl (C=O) groups is 1. The lowest BCUT2D eigenvalue weighted by atomic mass is 9.80. The van der Waals surface area contributed by atoms with Gasteiger partial charge in [0.25, 0.3) is 0 Å². The summed E-state index contributed by atoms with van der Waals surface area (Å²) >= 11 is 12.2. The highest BCUT2D eigenvalue weighted by molar-refractivity contribution is 6.42. The van der Waals surface area contributed by atoms with E-state index in [1.54, 1.807) is 6.07 Å². The number of hydrogen-bond donors (Lipinski definition) is 1. The molecule has 2 fully saturated rings. The summed E-state index contributed by atoms with van der Waals surface area (Å²) < 4.78 is 5.90. The zero-order chi connectivity index (χ0) is 19.6. The molecular weight excluding hydrogens is 395 g/mol. The molecular formula is C23H20Cl2O3. The highest BCUT2D eigenvalue weighted by Crippen LogP contribution is 2.54. The number of hydrogen-bond acceptors (Lipinski definition) is 3. The van der Waals surface area contributed by atoms with E-state index in [2.05, 4.69) is 6.92 Å². The molecule has 0 radical (unpaired) electrons. The van der Waals surface area contributed by atoms with E-state index in [-0.39, 0.29) is 35.6 Å². The number of aliphatic hydroxyl groups excluding tert-OH is 1. The molecule has 28 heavy (non-hydrogen) atoms. The van der Waals surface area contributed by atoms with Gasteiger partial charge < -0.3 is 9.84 Å². The molecule has 2 aliphatic heterocycles. The topological polar surface area (TPSA) is 46.5 Å². The molecule has 2 aromatic carbocycles. The Morgan fingerprint density at radius 3 is 2.36 bits per heavy atom. The summed E-state index contributed by atoms with van der Waals surface area (Å²) in [6.45, 7) is 2.06. The molecule has 3 nitrogen and oxygen atoms in total. The second-order valence-electron chi connectivity index (χ2n) is 7.82. The first-order valence-electron chi connectivity index (χ1n) is 9.71. The van der Waals surface area contributed by atoms with E-state index in [9.17, 15) is 9.90 Å². The minimum Gasteiger partial charge on any atom is -0.511 e. The summed E-state index contributed by atoms with van der Waals surface area (Å²) in [5, 5.41) is 12.0. The molecule has 0 amide bonds.